The number of hydrogen-bond donors (Lipinski definition) is 1. The molecule has 1 heterocycles. The van der Waals surface area contributed by atoms with E-state index >= 15 is 0 Å². The van der Waals surface area contributed by atoms with Gasteiger partial charge in [-0.05, 0) is 31.0 Å². The van der Waals surface area contributed by atoms with Crippen molar-refractivity contribution in [2.45, 2.75) is 18.9 Å². The van der Waals surface area contributed by atoms with Gasteiger partial charge in [-0.3, -0.25) is 4.21 Å². The van der Waals surface area contributed by atoms with Crippen molar-refractivity contribution in [3.63, 3.8) is 0 Å². The van der Waals surface area contributed by atoms with E-state index < -0.39 is 10.8 Å². The molecule has 90 valence electrons. The van der Waals surface area contributed by atoms with Gasteiger partial charge >= 0.3 is 0 Å². The number of rotatable bonds is 2. The summed E-state index contributed by atoms with van der Waals surface area (Å²) in [5.41, 5.74) is 1.41. The zero-order valence-electron chi connectivity index (χ0n) is 9.28. The van der Waals surface area contributed by atoms with Crippen LogP contribution >= 0.6 is 11.6 Å². The Kier molecular flexibility index (Phi) is 4.03. The molecule has 0 atom stereocenters. The fourth-order valence-corrected chi connectivity index (χ4v) is 3.39. The molecule has 1 N–H and O–H groups in total. The van der Waals surface area contributed by atoms with Crippen LogP contribution in [-0.2, 0) is 10.8 Å². The van der Waals surface area contributed by atoms with Crippen molar-refractivity contribution in [2.75, 3.05) is 16.8 Å². The normalized spacial score (nSPS) is 24.0. The van der Waals surface area contributed by atoms with Gasteiger partial charge in [-0.2, -0.15) is 5.26 Å². The van der Waals surface area contributed by atoms with E-state index in [0.717, 1.165) is 30.0 Å². The van der Waals surface area contributed by atoms with Gasteiger partial charge in [0, 0.05) is 34.0 Å². The molecule has 0 amide bonds. The molecule has 5 heteroatoms. The summed E-state index contributed by atoms with van der Waals surface area (Å²) in [5.74, 6) is 1.53. The van der Waals surface area contributed by atoms with Gasteiger partial charge in [0.25, 0.3) is 0 Å². The smallest absolute Gasteiger partial charge is 0.101 e. The molecule has 0 saturated carbocycles. The van der Waals surface area contributed by atoms with Crippen LogP contribution in [0.4, 0.5) is 5.69 Å². The Labute approximate surface area is 108 Å². The van der Waals surface area contributed by atoms with Crippen LogP contribution in [0.25, 0.3) is 0 Å². The molecule has 1 aliphatic heterocycles. The highest BCUT2D eigenvalue weighted by Crippen LogP contribution is 2.22. The van der Waals surface area contributed by atoms with Gasteiger partial charge < -0.3 is 5.32 Å². The monoisotopic (exact) mass is 268 g/mol. The fourth-order valence-electron chi connectivity index (χ4n) is 1.87. The van der Waals surface area contributed by atoms with Gasteiger partial charge in [0.1, 0.15) is 6.07 Å². The van der Waals surface area contributed by atoms with E-state index in [1.54, 1.807) is 12.1 Å². The number of nitriles is 1. The van der Waals surface area contributed by atoms with Crippen LogP contribution < -0.4 is 5.32 Å². The molecule has 1 fully saturated rings. The second-order valence-electron chi connectivity index (χ2n) is 4.07. The SMILES string of the molecule is N#Cc1ccc(NC2CCS(=O)CC2)cc1Cl. The molecule has 0 aromatic heterocycles. The van der Waals surface area contributed by atoms with E-state index in [4.69, 9.17) is 16.9 Å². The van der Waals surface area contributed by atoms with Gasteiger partial charge in [-0.15, -0.1) is 0 Å². The summed E-state index contributed by atoms with van der Waals surface area (Å²) in [5, 5.41) is 12.6. The Bertz CT molecular complexity index is 474. The third-order valence-electron chi connectivity index (χ3n) is 2.85. The van der Waals surface area contributed by atoms with Crippen molar-refractivity contribution >= 4 is 28.1 Å². The summed E-state index contributed by atoms with van der Waals surface area (Å²) < 4.78 is 11.2. The lowest BCUT2D eigenvalue weighted by Crippen LogP contribution is -2.29. The summed E-state index contributed by atoms with van der Waals surface area (Å²) in [4.78, 5) is 0. The zero-order chi connectivity index (χ0) is 12.3. The molecule has 0 unspecified atom stereocenters. The van der Waals surface area contributed by atoms with E-state index in [-0.39, 0.29) is 0 Å². The van der Waals surface area contributed by atoms with Crippen molar-refractivity contribution in [3.05, 3.63) is 28.8 Å². The van der Waals surface area contributed by atoms with Crippen LogP contribution in [0.15, 0.2) is 18.2 Å². The summed E-state index contributed by atoms with van der Waals surface area (Å²) in [7, 11) is -0.637. The third-order valence-corrected chi connectivity index (χ3v) is 4.54. The van der Waals surface area contributed by atoms with Gasteiger partial charge in [-0.1, -0.05) is 11.6 Å². The molecule has 1 saturated heterocycles. The van der Waals surface area contributed by atoms with Crippen LogP contribution in [-0.4, -0.2) is 21.8 Å². The van der Waals surface area contributed by atoms with Gasteiger partial charge in [0.15, 0.2) is 0 Å². The molecule has 0 spiro atoms. The van der Waals surface area contributed by atoms with E-state index in [0.29, 0.717) is 16.6 Å². The molecule has 1 aliphatic rings. The highest BCUT2D eigenvalue weighted by atomic mass is 35.5. The molecule has 2 rings (SSSR count). The topological polar surface area (TPSA) is 52.9 Å². The molecule has 0 bridgehead atoms. The maximum atomic E-state index is 11.2. The summed E-state index contributed by atoms with van der Waals surface area (Å²) in [6.07, 6.45) is 1.84. The third kappa shape index (κ3) is 3.21. The molecular formula is C12H13ClN2OS. The van der Waals surface area contributed by atoms with Gasteiger partial charge in [0.05, 0.1) is 10.6 Å². The highest BCUT2D eigenvalue weighted by Gasteiger charge is 2.17. The number of benzene rings is 1. The molecule has 0 aliphatic carbocycles. The minimum absolute atomic E-state index is 0.358. The Morgan fingerprint density at radius 3 is 2.71 bits per heavy atom. The molecule has 1 aromatic carbocycles. The van der Waals surface area contributed by atoms with E-state index in [1.807, 2.05) is 12.1 Å². The van der Waals surface area contributed by atoms with Crippen molar-refractivity contribution < 1.29 is 4.21 Å². The average molecular weight is 269 g/mol. The second kappa shape index (κ2) is 5.52. The largest absolute Gasteiger partial charge is 0.382 e. The van der Waals surface area contributed by atoms with Crippen LogP contribution in [0, 0.1) is 11.3 Å². The molecular weight excluding hydrogens is 256 g/mol. The molecule has 17 heavy (non-hydrogen) atoms. The van der Waals surface area contributed by atoms with E-state index in [1.165, 1.54) is 0 Å². The summed E-state index contributed by atoms with van der Waals surface area (Å²) in [6.45, 7) is 0. The highest BCUT2D eigenvalue weighted by molar-refractivity contribution is 7.85. The lowest BCUT2D eigenvalue weighted by molar-refractivity contribution is 0.624. The summed E-state index contributed by atoms with van der Waals surface area (Å²) >= 11 is 5.96. The van der Waals surface area contributed by atoms with Gasteiger partial charge in [-0.25, -0.2) is 0 Å². The molecule has 1 aromatic rings. The molecule has 0 radical (unpaired) electrons. The first-order valence-corrected chi connectivity index (χ1v) is 7.37. The number of hydrogen-bond acceptors (Lipinski definition) is 3. The van der Waals surface area contributed by atoms with E-state index in [2.05, 4.69) is 5.32 Å². The van der Waals surface area contributed by atoms with Crippen molar-refractivity contribution in [1.29, 1.82) is 5.26 Å². The first-order chi connectivity index (χ1) is 8.19. The first kappa shape index (κ1) is 12.4. The Morgan fingerprint density at radius 2 is 2.12 bits per heavy atom. The Morgan fingerprint density at radius 1 is 1.41 bits per heavy atom. The predicted octanol–water partition coefficient (Wildman–Crippen LogP) is 2.53. The predicted molar refractivity (Wildman–Crippen MR) is 70.7 cm³/mol. The summed E-state index contributed by atoms with van der Waals surface area (Å²) in [6, 6.07) is 7.73. The van der Waals surface area contributed by atoms with Crippen LogP contribution in [0.1, 0.15) is 18.4 Å². The fraction of sp³-hybridized carbons (Fsp3) is 0.417. The number of nitrogens with zero attached hydrogens (tertiary/aromatic N) is 1. The Hall–Kier alpha value is -1.05. The van der Waals surface area contributed by atoms with Gasteiger partial charge in [0.2, 0.25) is 0 Å². The van der Waals surface area contributed by atoms with Crippen LogP contribution in [0.5, 0.6) is 0 Å². The lowest BCUT2D eigenvalue weighted by atomic mass is 10.1. The van der Waals surface area contributed by atoms with Crippen LogP contribution in [0.2, 0.25) is 5.02 Å². The van der Waals surface area contributed by atoms with Crippen molar-refractivity contribution in [3.8, 4) is 6.07 Å². The minimum atomic E-state index is -0.637. The minimum Gasteiger partial charge on any atom is -0.382 e. The van der Waals surface area contributed by atoms with Crippen molar-refractivity contribution in [2.24, 2.45) is 0 Å². The van der Waals surface area contributed by atoms with Crippen LogP contribution in [0.3, 0.4) is 0 Å². The zero-order valence-corrected chi connectivity index (χ0v) is 10.9. The molecule has 3 nitrogen and oxygen atoms in total. The Balaban J connectivity index is 2.02. The first-order valence-electron chi connectivity index (χ1n) is 5.50. The van der Waals surface area contributed by atoms with Crippen molar-refractivity contribution in [1.82, 2.24) is 0 Å². The second-order valence-corrected chi connectivity index (χ2v) is 6.18. The maximum Gasteiger partial charge on any atom is 0.101 e. The number of anilines is 1. The quantitative estimate of drug-likeness (QED) is 0.897. The standard InChI is InChI=1S/C12H13ClN2OS/c13-12-7-11(2-1-9(12)8-14)15-10-3-5-17(16)6-4-10/h1-2,7,10,15H,3-6H2. The van der Waals surface area contributed by atoms with E-state index in [9.17, 15) is 4.21 Å². The average Bonchev–Trinajstić information content (AvgIpc) is 2.32. The maximum absolute atomic E-state index is 11.2. The lowest BCUT2D eigenvalue weighted by Gasteiger charge is -2.23. The number of halogens is 1. The number of nitrogens with one attached hydrogen (secondary N) is 1.